The van der Waals surface area contributed by atoms with Crippen LogP contribution in [0.2, 0.25) is 0 Å². The zero-order valence-electron chi connectivity index (χ0n) is 28.4. The normalized spacial score (nSPS) is 12.0. The van der Waals surface area contributed by atoms with E-state index in [9.17, 15) is 0 Å². The Morgan fingerprint density at radius 3 is 2.08 bits per heavy atom. The Bertz CT molecular complexity index is 2890. The van der Waals surface area contributed by atoms with Gasteiger partial charge in [-0.3, -0.25) is 0 Å². The lowest BCUT2D eigenvalue weighted by Gasteiger charge is -2.14. The first-order chi connectivity index (χ1) is 25.7. The second kappa shape index (κ2) is 13.4. The minimum Gasteiger partial charge on any atom is -0.456 e. The first kappa shape index (κ1) is 31.1. The van der Waals surface area contributed by atoms with E-state index in [2.05, 4.69) is 116 Å². The molecule has 0 bridgehead atoms. The molecule has 0 saturated heterocycles. The molecule has 246 valence electrons. The Hall–Kier alpha value is -6.91. The summed E-state index contributed by atoms with van der Waals surface area (Å²) in [4.78, 5) is 15.5. The molecule has 4 nitrogen and oxygen atoms in total. The quantitative estimate of drug-likeness (QED) is 0.170. The number of furan rings is 1. The van der Waals surface area contributed by atoms with Crippen molar-refractivity contribution in [3.63, 3.8) is 0 Å². The summed E-state index contributed by atoms with van der Waals surface area (Å²) in [6, 6.07) is 54.1. The fourth-order valence-corrected chi connectivity index (χ4v) is 6.84. The van der Waals surface area contributed by atoms with E-state index in [4.69, 9.17) is 19.4 Å². The Morgan fingerprint density at radius 2 is 1.23 bits per heavy atom. The van der Waals surface area contributed by atoms with E-state index >= 15 is 0 Å². The minimum atomic E-state index is 0.595. The molecule has 0 radical (unpaired) electrons. The summed E-state index contributed by atoms with van der Waals surface area (Å²) in [5, 5.41) is 6.45. The maximum atomic E-state index is 6.41. The molecule has 0 aliphatic rings. The van der Waals surface area contributed by atoms with E-state index in [-0.39, 0.29) is 0 Å². The SMILES string of the molecule is C=c1cccc/c1=C/C=C\Cc1ccc(-c2ccc3oc4ccccc4c3c2-c2nc(-c3ccccc3)nc(-c3ccc4ccccc4c3)n2)cc1. The van der Waals surface area contributed by atoms with Gasteiger partial charge in [-0.15, -0.1) is 0 Å². The molecule has 7 aromatic carbocycles. The van der Waals surface area contributed by atoms with Crippen LogP contribution in [0.3, 0.4) is 0 Å². The lowest BCUT2D eigenvalue weighted by molar-refractivity contribution is 0.669. The molecule has 9 rings (SSSR count). The highest BCUT2D eigenvalue weighted by Crippen LogP contribution is 2.42. The molecule has 0 unspecified atom stereocenters. The van der Waals surface area contributed by atoms with E-state index in [1.165, 1.54) is 10.9 Å². The van der Waals surface area contributed by atoms with Gasteiger partial charge in [0, 0.05) is 27.5 Å². The number of para-hydroxylation sites is 1. The van der Waals surface area contributed by atoms with Crippen molar-refractivity contribution in [2.24, 2.45) is 0 Å². The highest BCUT2D eigenvalue weighted by molar-refractivity contribution is 6.15. The first-order valence-corrected chi connectivity index (χ1v) is 17.4. The van der Waals surface area contributed by atoms with Gasteiger partial charge in [0.05, 0.1) is 0 Å². The van der Waals surface area contributed by atoms with Gasteiger partial charge in [0.2, 0.25) is 0 Å². The summed E-state index contributed by atoms with van der Waals surface area (Å²) < 4.78 is 6.41. The number of benzene rings is 7. The van der Waals surface area contributed by atoms with Gasteiger partial charge < -0.3 is 4.42 Å². The van der Waals surface area contributed by atoms with Crippen LogP contribution in [-0.4, -0.2) is 15.0 Å². The van der Waals surface area contributed by atoms with Crippen molar-refractivity contribution < 1.29 is 4.42 Å². The molecule has 2 aromatic heterocycles. The monoisotopic (exact) mass is 667 g/mol. The number of rotatable bonds is 7. The molecular formula is C48H33N3O. The molecule has 9 aromatic rings. The third-order valence-corrected chi connectivity index (χ3v) is 9.53. The number of hydrogen-bond donors (Lipinski definition) is 0. The number of fused-ring (bicyclic) bond motifs is 4. The summed E-state index contributed by atoms with van der Waals surface area (Å²) >= 11 is 0. The predicted molar refractivity (Wildman–Crippen MR) is 215 cm³/mol. The number of aromatic nitrogens is 3. The second-order valence-electron chi connectivity index (χ2n) is 12.9. The zero-order chi connectivity index (χ0) is 34.9. The highest BCUT2D eigenvalue weighted by atomic mass is 16.3. The van der Waals surface area contributed by atoms with Gasteiger partial charge in [-0.05, 0) is 68.6 Å². The van der Waals surface area contributed by atoms with Crippen molar-refractivity contribution in [1.29, 1.82) is 0 Å². The third-order valence-electron chi connectivity index (χ3n) is 9.53. The van der Waals surface area contributed by atoms with Gasteiger partial charge in [0.1, 0.15) is 11.2 Å². The third kappa shape index (κ3) is 5.97. The Morgan fingerprint density at radius 1 is 0.538 bits per heavy atom. The highest BCUT2D eigenvalue weighted by Gasteiger charge is 2.22. The fraction of sp³-hybridized carbons (Fsp3) is 0.0208. The van der Waals surface area contributed by atoms with Crippen molar-refractivity contribution in [2.45, 2.75) is 6.42 Å². The molecule has 2 heterocycles. The Kier molecular flexibility index (Phi) is 8.03. The topological polar surface area (TPSA) is 51.8 Å². The van der Waals surface area contributed by atoms with Crippen LogP contribution < -0.4 is 10.4 Å². The van der Waals surface area contributed by atoms with E-state index in [1.54, 1.807) is 0 Å². The summed E-state index contributed by atoms with van der Waals surface area (Å²) in [7, 11) is 0. The van der Waals surface area contributed by atoms with E-state index in [0.717, 1.165) is 72.0 Å². The average Bonchev–Trinajstić information content (AvgIpc) is 3.59. The minimum absolute atomic E-state index is 0.595. The van der Waals surface area contributed by atoms with Gasteiger partial charge in [-0.2, -0.15) is 0 Å². The van der Waals surface area contributed by atoms with Crippen molar-refractivity contribution in [2.75, 3.05) is 0 Å². The van der Waals surface area contributed by atoms with Crippen LogP contribution in [0.15, 0.2) is 174 Å². The van der Waals surface area contributed by atoms with Crippen LogP contribution in [0.5, 0.6) is 0 Å². The number of hydrogen-bond acceptors (Lipinski definition) is 4. The van der Waals surface area contributed by atoms with Crippen molar-refractivity contribution in [3.8, 4) is 45.3 Å². The van der Waals surface area contributed by atoms with Gasteiger partial charge in [0.15, 0.2) is 17.5 Å². The lowest BCUT2D eigenvalue weighted by atomic mass is 9.93. The van der Waals surface area contributed by atoms with E-state index < -0.39 is 0 Å². The standard InChI is InChI=1S/C48H33N3O/c1-32-13-5-7-15-34(32)16-8-6-14-33-23-25-36(26-24-33)40-29-30-43-44(41-21-11-12-22-42(41)52-43)45(40)48-50-46(37-18-3-2-4-19-37)49-47(51-48)39-28-27-35-17-9-10-20-38(35)31-39/h2-13,15-31H,1,14H2/b8-6-,34-16-. The summed E-state index contributed by atoms with van der Waals surface area (Å²) in [6.45, 7) is 4.12. The molecule has 0 atom stereocenters. The van der Waals surface area contributed by atoms with Gasteiger partial charge in [-0.25, -0.2) is 15.0 Å². The Labute approximate surface area is 301 Å². The number of allylic oxidation sites excluding steroid dienone is 2. The van der Waals surface area contributed by atoms with Crippen LogP contribution in [0.4, 0.5) is 0 Å². The van der Waals surface area contributed by atoms with E-state index in [1.807, 2.05) is 66.7 Å². The van der Waals surface area contributed by atoms with Crippen molar-refractivity contribution in [3.05, 3.63) is 186 Å². The van der Waals surface area contributed by atoms with Gasteiger partial charge in [-0.1, -0.05) is 158 Å². The van der Waals surface area contributed by atoms with Crippen LogP contribution >= 0.6 is 0 Å². The van der Waals surface area contributed by atoms with Crippen molar-refractivity contribution in [1.82, 2.24) is 15.0 Å². The largest absolute Gasteiger partial charge is 0.456 e. The maximum absolute atomic E-state index is 6.41. The Balaban J connectivity index is 1.20. The molecule has 0 fully saturated rings. The molecule has 52 heavy (non-hydrogen) atoms. The maximum Gasteiger partial charge on any atom is 0.165 e. The molecule has 0 spiro atoms. The van der Waals surface area contributed by atoms with Crippen LogP contribution in [0, 0.1) is 0 Å². The molecule has 0 N–H and O–H groups in total. The lowest BCUT2D eigenvalue weighted by Crippen LogP contribution is -2.21. The molecule has 0 aliphatic carbocycles. The fourth-order valence-electron chi connectivity index (χ4n) is 6.84. The van der Waals surface area contributed by atoms with Crippen LogP contribution in [-0.2, 0) is 6.42 Å². The summed E-state index contributed by atoms with van der Waals surface area (Å²) in [5.41, 5.74) is 7.69. The number of nitrogens with zero attached hydrogens (tertiary/aromatic N) is 3. The molecule has 0 saturated carbocycles. The van der Waals surface area contributed by atoms with Crippen LogP contribution in [0.25, 0.3) is 90.7 Å². The van der Waals surface area contributed by atoms with E-state index in [0.29, 0.717) is 17.5 Å². The zero-order valence-corrected chi connectivity index (χ0v) is 28.4. The molecular weight excluding hydrogens is 635 g/mol. The van der Waals surface area contributed by atoms with Gasteiger partial charge >= 0.3 is 0 Å². The summed E-state index contributed by atoms with van der Waals surface area (Å²) in [5.74, 6) is 1.83. The summed E-state index contributed by atoms with van der Waals surface area (Å²) in [6.07, 6.45) is 7.21. The average molecular weight is 668 g/mol. The predicted octanol–water partition coefficient (Wildman–Crippen LogP) is 10.6. The molecule has 0 amide bonds. The second-order valence-corrected chi connectivity index (χ2v) is 12.9. The smallest absolute Gasteiger partial charge is 0.165 e. The van der Waals surface area contributed by atoms with Crippen LogP contribution in [0.1, 0.15) is 5.56 Å². The van der Waals surface area contributed by atoms with Crippen molar-refractivity contribution >= 4 is 45.4 Å². The first-order valence-electron chi connectivity index (χ1n) is 17.4. The molecule has 4 heteroatoms. The molecule has 0 aliphatic heterocycles. The van der Waals surface area contributed by atoms with Gasteiger partial charge in [0.25, 0.3) is 0 Å².